The van der Waals surface area contributed by atoms with Crippen molar-refractivity contribution in [3.63, 3.8) is 0 Å². The summed E-state index contributed by atoms with van der Waals surface area (Å²) in [5.41, 5.74) is 1.63. The molecule has 3 heterocycles. The lowest BCUT2D eigenvalue weighted by Gasteiger charge is -2.07. The van der Waals surface area contributed by atoms with Gasteiger partial charge in [-0.25, -0.2) is 0 Å². The fourth-order valence-corrected chi connectivity index (χ4v) is 3.28. The summed E-state index contributed by atoms with van der Waals surface area (Å²) in [5.74, 6) is 2.72. The molecule has 0 N–H and O–H groups in total. The number of benzene rings is 2. The lowest BCUT2D eigenvalue weighted by Crippen LogP contribution is -1.94. The van der Waals surface area contributed by atoms with Gasteiger partial charge in [0.25, 0.3) is 11.8 Å². The van der Waals surface area contributed by atoms with Crippen LogP contribution in [0.15, 0.2) is 69.6 Å². The molecule has 0 saturated heterocycles. The summed E-state index contributed by atoms with van der Waals surface area (Å²) in [4.78, 5) is 0. The Balaban J connectivity index is 1.34. The Morgan fingerprint density at radius 1 is 0.931 bits per heavy atom. The van der Waals surface area contributed by atoms with Crippen molar-refractivity contribution < 1.29 is 13.6 Å². The van der Waals surface area contributed by atoms with Gasteiger partial charge in [0.1, 0.15) is 18.1 Å². The highest BCUT2D eigenvalue weighted by Gasteiger charge is 2.17. The van der Waals surface area contributed by atoms with Crippen LogP contribution in [-0.4, -0.2) is 20.0 Å². The van der Waals surface area contributed by atoms with Gasteiger partial charge in [0.05, 0.1) is 11.3 Å². The molecule has 5 aromatic rings. The van der Waals surface area contributed by atoms with Gasteiger partial charge >= 0.3 is 0 Å². The topological polar surface area (TPSA) is 79.1 Å². The molecule has 0 saturated carbocycles. The molecule has 7 heteroatoms. The largest absolute Gasteiger partial charge is 0.485 e. The SMILES string of the molecule is Cc1nn(C)cc1-c1nnc(-c2ccc(COc3cccc4ccccc34)o2)o1. The summed E-state index contributed by atoms with van der Waals surface area (Å²) < 4.78 is 19.3. The standard InChI is InChI=1S/C22H18N4O3/c1-14-18(12-26(2)25-14)21-23-24-22(29-21)20-11-10-16(28-20)13-27-19-9-5-7-15-6-3-4-8-17(15)19/h3-12H,13H2,1-2H3. The Labute approximate surface area is 166 Å². The van der Waals surface area contributed by atoms with Gasteiger partial charge in [-0.15, -0.1) is 10.2 Å². The second-order valence-corrected chi connectivity index (χ2v) is 6.75. The van der Waals surface area contributed by atoms with Crippen molar-refractivity contribution >= 4 is 10.8 Å². The number of furan rings is 1. The van der Waals surface area contributed by atoms with Gasteiger partial charge in [0.2, 0.25) is 0 Å². The highest BCUT2D eigenvalue weighted by atomic mass is 16.5. The fraction of sp³-hybridized carbons (Fsp3) is 0.136. The lowest BCUT2D eigenvalue weighted by molar-refractivity contribution is 0.274. The molecular formula is C22H18N4O3. The van der Waals surface area contributed by atoms with E-state index in [-0.39, 0.29) is 0 Å². The highest BCUT2D eigenvalue weighted by molar-refractivity contribution is 5.88. The van der Waals surface area contributed by atoms with E-state index in [1.165, 1.54) is 0 Å². The first-order chi connectivity index (χ1) is 14.2. The third-order valence-corrected chi connectivity index (χ3v) is 4.66. The number of fused-ring (bicyclic) bond motifs is 1. The molecule has 7 nitrogen and oxygen atoms in total. The van der Waals surface area contributed by atoms with Crippen molar-refractivity contribution in [3.05, 3.63) is 72.2 Å². The highest BCUT2D eigenvalue weighted by Crippen LogP contribution is 2.29. The van der Waals surface area contributed by atoms with Crippen molar-refractivity contribution in [2.45, 2.75) is 13.5 Å². The molecule has 0 fully saturated rings. The summed E-state index contributed by atoms with van der Waals surface area (Å²) in [5, 5.41) is 14.7. The summed E-state index contributed by atoms with van der Waals surface area (Å²) in [6.07, 6.45) is 1.85. The molecule has 5 rings (SSSR count). The van der Waals surface area contributed by atoms with Crippen LogP contribution in [0, 0.1) is 6.92 Å². The van der Waals surface area contributed by atoms with E-state index in [4.69, 9.17) is 13.6 Å². The minimum absolute atomic E-state index is 0.302. The molecule has 0 aliphatic heterocycles. The zero-order chi connectivity index (χ0) is 19.8. The average molecular weight is 386 g/mol. The van der Waals surface area contributed by atoms with E-state index in [1.54, 1.807) is 10.7 Å². The van der Waals surface area contributed by atoms with Gasteiger partial charge in [-0.1, -0.05) is 36.4 Å². The number of ether oxygens (including phenoxy) is 1. The van der Waals surface area contributed by atoms with Gasteiger partial charge in [-0.3, -0.25) is 4.68 Å². The van der Waals surface area contributed by atoms with Crippen molar-refractivity contribution in [1.82, 2.24) is 20.0 Å². The molecule has 0 aliphatic rings. The smallest absolute Gasteiger partial charge is 0.283 e. The number of hydrogen-bond donors (Lipinski definition) is 0. The van der Waals surface area contributed by atoms with E-state index in [0.29, 0.717) is 29.9 Å². The zero-order valence-electron chi connectivity index (χ0n) is 16.0. The quantitative estimate of drug-likeness (QED) is 0.433. The molecular weight excluding hydrogens is 368 g/mol. The van der Waals surface area contributed by atoms with Crippen molar-refractivity contribution in [1.29, 1.82) is 0 Å². The zero-order valence-corrected chi connectivity index (χ0v) is 16.0. The molecule has 0 spiro atoms. The van der Waals surface area contributed by atoms with E-state index in [1.807, 2.05) is 56.6 Å². The number of aryl methyl sites for hydroxylation is 2. The number of rotatable bonds is 5. The molecule has 0 atom stereocenters. The first-order valence-corrected chi connectivity index (χ1v) is 9.21. The van der Waals surface area contributed by atoms with E-state index in [0.717, 1.165) is 27.8 Å². The van der Waals surface area contributed by atoms with E-state index in [9.17, 15) is 0 Å². The third-order valence-electron chi connectivity index (χ3n) is 4.66. The molecule has 0 aliphatic carbocycles. The van der Waals surface area contributed by atoms with Crippen molar-refractivity contribution in [3.8, 4) is 28.9 Å². The van der Waals surface area contributed by atoms with Crippen LogP contribution in [0.3, 0.4) is 0 Å². The Morgan fingerprint density at radius 3 is 2.62 bits per heavy atom. The predicted molar refractivity (Wildman–Crippen MR) is 107 cm³/mol. The third kappa shape index (κ3) is 3.27. The maximum atomic E-state index is 5.98. The molecule has 0 amide bonds. The summed E-state index contributed by atoms with van der Waals surface area (Å²) in [7, 11) is 1.85. The predicted octanol–water partition coefficient (Wildman–Crippen LogP) is 4.77. The number of hydrogen-bond acceptors (Lipinski definition) is 6. The summed E-state index contributed by atoms with van der Waals surface area (Å²) in [6, 6.07) is 17.7. The number of nitrogens with zero attached hydrogens (tertiary/aromatic N) is 4. The Morgan fingerprint density at radius 2 is 1.76 bits per heavy atom. The normalized spacial score (nSPS) is 11.2. The minimum Gasteiger partial charge on any atom is -0.485 e. The van der Waals surface area contributed by atoms with Crippen molar-refractivity contribution in [2.24, 2.45) is 7.05 Å². The molecule has 0 radical (unpaired) electrons. The monoisotopic (exact) mass is 386 g/mol. The number of aromatic nitrogens is 4. The second kappa shape index (κ2) is 6.94. The maximum absolute atomic E-state index is 5.98. The Hall–Kier alpha value is -3.87. The van der Waals surface area contributed by atoms with E-state index >= 15 is 0 Å². The molecule has 3 aromatic heterocycles. The van der Waals surface area contributed by atoms with Gasteiger partial charge in [0.15, 0.2) is 5.76 Å². The summed E-state index contributed by atoms with van der Waals surface area (Å²) >= 11 is 0. The van der Waals surface area contributed by atoms with Gasteiger partial charge in [0, 0.05) is 18.6 Å². The Bertz CT molecular complexity index is 1290. The van der Waals surface area contributed by atoms with Gasteiger partial charge in [-0.2, -0.15) is 5.10 Å². The van der Waals surface area contributed by atoms with E-state index in [2.05, 4.69) is 27.4 Å². The van der Waals surface area contributed by atoms with E-state index < -0.39 is 0 Å². The summed E-state index contributed by atoms with van der Waals surface area (Å²) in [6.45, 7) is 2.20. The fourth-order valence-electron chi connectivity index (χ4n) is 3.28. The van der Waals surface area contributed by atoms with Crippen LogP contribution in [0.4, 0.5) is 0 Å². The van der Waals surface area contributed by atoms with Crippen LogP contribution in [0.1, 0.15) is 11.5 Å². The molecule has 144 valence electrons. The first-order valence-electron chi connectivity index (χ1n) is 9.21. The maximum Gasteiger partial charge on any atom is 0.283 e. The van der Waals surface area contributed by atoms with Gasteiger partial charge in [-0.05, 0) is 30.5 Å². The molecule has 29 heavy (non-hydrogen) atoms. The van der Waals surface area contributed by atoms with Crippen LogP contribution >= 0.6 is 0 Å². The average Bonchev–Trinajstić information content (AvgIpc) is 3.46. The first kappa shape index (κ1) is 17.2. The van der Waals surface area contributed by atoms with Crippen LogP contribution < -0.4 is 4.74 Å². The lowest BCUT2D eigenvalue weighted by atomic mass is 10.1. The van der Waals surface area contributed by atoms with Crippen LogP contribution in [0.25, 0.3) is 33.9 Å². The molecule has 0 bridgehead atoms. The van der Waals surface area contributed by atoms with Gasteiger partial charge < -0.3 is 13.6 Å². The van der Waals surface area contributed by atoms with Crippen molar-refractivity contribution in [2.75, 3.05) is 0 Å². The van der Waals surface area contributed by atoms with Crippen LogP contribution in [0.2, 0.25) is 0 Å². The molecule has 2 aromatic carbocycles. The second-order valence-electron chi connectivity index (χ2n) is 6.75. The van der Waals surface area contributed by atoms with Crippen LogP contribution in [0.5, 0.6) is 5.75 Å². The minimum atomic E-state index is 0.302. The van der Waals surface area contributed by atoms with Crippen LogP contribution in [-0.2, 0) is 13.7 Å². The Kier molecular flexibility index (Phi) is 4.13. The molecule has 0 unspecified atom stereocenters.